The monoisotopic (exact) mass is 232 g/mol. The number of hydrogen-bond acceptors (Lipinski definition) is 5. The number of amides is 1. The van der Waals surface area contributed by atoms with Gasteiger partial charge in [-0.2, -0.15) is 4.79 Å². The van der Waals surface area contributed by atoms with Crippen molar-refractivity contribution in [3.63, 3.8) is 0 Å². The van der Waals surface area contributed by atoms with Gasteiger partial charge >= 0.3 is 5.71 Å². The van der Waals surface area contributed by atoms with Crippen LogP contribution in [0.5, 0.6) is 0 Å². The molecule has 86 valence electrons. The first kappa shape index (κ1) is 10.9. The Bertz CT molecular complexity index is 590. The number of nitrogens with zero attached hydrogens (tertiary/aromatic N) is 5. The summed E-state index contributed by atoms with van der Waals surface area (Å²) in [6.45, 7) is 3.28. The van der Waals surface area contributed by atoms with Crippen molar-refractivity contribution in [3.8, 4) is 0 Å². The van der Waals surface area contributed by atoms with Crippen molar-refractivity contribution in [2.75, 3.05) is 5.32 Å². The van der Waals surface area contributed by atoms with Crippen LogP contribution in [0.3, 0.4) is 0 Å². The number of nitrogens with one attached hydrogen (secondary N) is 1. The summed E-state index contributed by atoms with van der Waals surface area (Å²) in [6, 6.07) is 1.55. The number of aryl methyl sites for hydroxylation is 1. The van der Waals surface area contributed by atoms with Crippen LogP contribution >= 0.6 is 0 Å². The highest BCUT2D eigenvalue weighted by Gasteiger charge is 2.33. The SMILES string of the molecule is CC1=NN=C(C(=O)Nc2cc(C)on2)C1=[N+]=[N-]. The van der Waals surface area contributed by atoms with Gasteiger partial charge in [-0.15, -0.1) is 10.2 Å². The van der Waals surface area contributed by atoms with Crippen molar-refractivity contribution < 1.29 is 14.1 Å². The van der Waals surface area contributed by atoms with Gasteiger partial charge in [-0.25, -0.2) is 0 Å². The largest absolute Gasteiger partial charge is 0.371 e. The molecule has 17 heavy (non-hydrogen) atoms. The summed E-state index contributed by atoms with van der Waals surface area (Å²) in [7, 11) is 0. The topological polar surface area (TPSA) is 116 Å². The second kappa shape index (κ2) is 4.11. The third-order valence-corrected chi connectivity index (χ3v) is 2.05. The first-order valence-corrected chi connectivity index (χ1v) is 4.71. The molecule has 1 aliphatic rings. The van der Waals surface area contributed by atoms with Gasteiger partial charge in [0.05, 0.1) is 0 Å². The van der Waals surface area contributed by atoms with E-state index in [0.29, 0.717) is 11.5 Å². The van der Waals surface area contributed by atoms with Crippen LogP contribution in [0.1, 0.15) is 12.7 Å². The molecule has 0 aliphatic carbocycles. The van der Waals surface area contributed by atoms with Crippen LogP contribution in [-0.2, 0) is 4.79 Å². The average molecular weight is 232 g/mol. The molecule has 1 aromatic rings. The number of aromatic nitrogens is 1. The predicted octanol–water partition coefficient (Wildman–Crippen LogP) is 0.423. The Labute approximate surface area is 95.6 Å². The molecular formula is C9H8N6O2. The predicted molar refractivity (Wildman–Crippen MR) is 59.0 cm³/mol. The zero-order valence-corrected chi connectivity index (χ0v) is 9.13. The minimum absolute atomic E-state index is 0.0442. The van der Waals surface area contributed by atoms with Crippen LogP contribution < -0.4 is 5.32 Å². The Hall–Kier alpha value is -2.60. The number of carbonyl (C=O) groups excluding carboxylic acids is 1. The van der Waals surface area contributed by atoms with Crippen molar-refractivity contribution in [1.29, 1.82) is 0 Å². The second-order valence-corrected chi connectivity index (χ2v) is 3.36. The molecule has 0 fully saturated rings. The van der Waals surface area contributed by atoms with Gasteiger partial charge in [0.25, 0.3) is 5.91 Å². The van der Waals surface area contributed by atoms with Crippen LogP contribution in [0.15, 0.2) is 20.8 Å². The Morgan fingerprint density at radius 1 is 1.47 bits per heavy atom. The van der Waals surface area contributed by atoms with Gasteiger partial charge in [0.15, 0.2) is 11.5 Å². The maximum atomic E-state index is 11.8. The summed E-state index contributed by atoms with van der Waals surface area (Å²) >= 11 is 0. The lowest BCUT2D eigenvalue weighted by Crippen LogP contribution is -2.31. The molecule has 1 amide bonds. The van der Waals surface area contributed by atoms with Gasteiger partial charge in [-0.05, 0) is 13.8 Å². The molecule has 0 bridgehead atoms. The fraction of sp³-hybridized carbons (Fsp3) is 0.222. The lowest BCUT2D eigenvalue weighted by atomic mass is 10.1. The average Bonchev–Trinajstić information content (AvgIpc) is 2.84. The summed E-state index contributed by atoms with van der Waals surface area (Å²) in [5.74, 6) is 0.265. The van der Waals surface area contributed by atoms with E-state index < -0.39 is 5.91 Å². The van der Waals surface area contributed by atoms with Crippen LogP contribution in [0.25, 0.3) is 5.53 Å². The zero-order chi connectivity index (χ0) is 12.4. The van der Waals surface area contributed by atoms with E-state index in [2.05, 4.69) is 25.5 Å². The van der Waals surface area contributed by atoms with Crippen molar-refractivity contribution >= 4 is 28.9 Å². The van der Waals surface area contributed by atoms with Crippen molar-refractivity contribution in [2.24, 2.45) is 10.2 Å². The van der Waals surface area contributed by atoms with Gasteiger partial charge in [0.1, 0.15) is 5.76 Å². The van der Waals surface area contributed by atoms with Gasteiger partial charge in [-0.1, -0.05) is 5.16 Å². The quantitative estimate of drug-likeness (QED) is 0.588. The molecule has 0 unspecified atom stereocenters. The first-order valence-electron chi connectivity index (χ1n) is 4.71. The van der Waals surface area contributed by atoms with Crippen LogP contribution in [0.2, 0.25) is 0 Å². The summed E-state index contributed by atoms with van der Waals surface area (Å²) < 4.78 is 4.79. The van der Waals surface area contributed by atoms with E-state index in [0.717, 1.165) is 0 Å². The van der Waals surface area contributed by atoms with Gasteiger partial charge < -0.3 is 15.4 Å². The fourth-order valence-corrected chi connectivity index (χ4v) is 1.26. The Kier molecular flexibility index (Phi) is 2.63. The zero-order valence-electron chi connectivity index (χ0n) is 9.13. The molecular weight excluding hydrogens is 224 g/mol. The summed E-state index contributed by atoms with van der Waals surface area (Å²) in [4.78, 5) is 14.7. The molecule has 0 radical (unpaired) electrons. The van der Waals surface area contributed by atoms with E-state index in [-0.39, 0.29) is 17.2 Å². The minimum Gasteiger partial charge on any atom is -0.361 e. The molecule has 0 saturated heterocycles. The normalized spacial score (nSPS) is 14.1. The third-order valence-electron chi connectivity index (χ3n) is 2.05. The van der Waals surface area contributed by atoms with Crippen molar-refractivity contribution in [1.82, 2.24) is 5.16 Å². The highest BCUT2D eigenvalue weighted by molar-refractivity contribution is 6.82. The standard InChI is InChI=1S/C9H8N6O2/c1-4-3-6(15-17-4)11-9(16)8-7(12-10)5(2)13-14-8/h3H,1-2H3,(H,11,15,16). The van der Waals surface area contributed by atoms with Crippen molar-refractivity contribution in [3.05, 3.63) is 17.4 Å². The van der Waals surface area contributed by atoms with Crippen LogP contribution in [0, 0.1) is 6.92 Å². The smallest absolute Gasteiger partial charge is 0.361 e. The van der Waals surface area contributed by atoms with E-state index in [1.54, 1.807) is 19.9 Å². The van der Waals surface area contributed by atoms with Crippen LogP contribution in [-0.4, -0.2) is 33.0 Å². The number of carbonyl (C=O) groups is 1. The molecule has 2 heterocycles. The highest BCUT2D eigenvalue weighted by Crippen LogP contribution is 2.08. The van der Waals surface area contributed by atoms with E-state index >= 15 is 0 Å². The molecule has 8 nitrogen and oxygen atoms in total. The second-order valence-electron chi connectivity index (χ2n) is 3.36. The summed E-state index contributed by atoms with van der Waals surface area (Å²) in [5, 5.41) is 13.3. The molecule has 8 heteroatoms. The van der Waals surface area contributed by atoms with E-state index in [4.69, 9.17) is 10.1 Å². The molecule has 0 spiro atoms. The van der Waals surface area contributed by atoms with E-state index in [9.17, 15) is 4.79 Å². The lowest BCUT2D eigenvalue weighted by Gasteiger charge is -1.96. The van der Waals surface area contributed by atoms with E-state index in [1.807, 2.05) is 0 Å². The van der Waals surface area contributed by atoms with Gasteiger partial charge in [0, 0.05) is 6.07 Å². The maximum Gasteiger partial charge on any atom is 0.371 e. The molecule has 1 aromatic heterocycles. The Balaban J connectivity index is 2.16. The first-order chi connectivity index (χ1) is 8.11. The van der Waals surface area contributed by atoms with E-state index in [1.165, 1.54) is 0 Å². The molecule has 0 atom stereocenters. The van der Waals surface area contributed by atoms with Gasteiger partial charge in [0.2, 0.25) is 5.71 Å². The Morgan fingerprint density at radius 3 is 2.82 bits per heavy atom. The Morgan fingerprint density at radius 2 is 2.24 bits per heavy atom. The number of hydrogen-bond donors (Lipinski definition) is 1. The fourth-order valence-electron chi connectivity index (χ4n) is 1.26. The lowest BCUT2D eigenvalue weighted by molar-refractivity contribution is -0.110. The molecule has 1 aliphatic heterocycles. The minimum atomic E-state index is -0.563. The third kappa shape index (κ3) is 2.01. The highest BCUT2D eigenvalue weighted by atomic mass is 16.5. The molecule has 0 saturated carbocycles. The molecule has 0 aromatic carbocycles. The van der Waals surface area contributed by atoms with Crippen LogP contribution in [0.4, 0.5) is 5.82 Å². The number of anilines is 1. The number of rotatable bonds is 2. The summed E-state index contributed by atoms with van der Waals surface area (Å²) in [5.41, 5.74) is 9.09. The van der Waals surface area contributed by atoms with Crippen molar-refractivity contribution in [2.45, 2.75) is 13.8 Å². The van der Waals surface area contributed by atoms with Gasteiger partial charge in [-0.3, -0.25) is 4.79 Å². The maximum absolute atomic E-state index is 11.8. The molecule has 2 rings (SSSR count). The molecule has 1 N–H and O–H groups in total. The summed E-state index contributed by atoms with van der Waals surface area (Å²) in [6.07, 6.45) is 0.